The van der Waals surface area contributed by atoms with Crippen LogP contribution in [0.2, 0.25) is 0 Å². The molecule has 1 saturated carbocycles. The van der Waals surface area contributed by atoms with Crippen molar-refractivity contribution in [1.29, 1.82) is 0 Å². The van der Waals surface area contributed by atoms with Gasteiger partial charge in [0.05, 0.1) is 5.56 Å². The molecule has 0 bridgehead atoms. The lowest BCUT2D eigenvalue weighted by atomic mass is 9.77. The third-order valence-electron chi connectivity index (χ3n) is 8.37. The summed E-state index contributed by atoms with van der Waals surface area (Å²) in [6.45, 7) is 4.53. The van der Waals surface area contributed by atoms with Gasteiger partial charge >= 0.3 is 0 Å². The van der Waals surface area contributed by atoms with Gasteiger partial charge in [-0.05, 0) is 85.1 Å². The van der Waals surface area contributed by atoms with E-state index in [4.69, 9.17) is 0 Å². The van der Waals surface area contributed by atoms with Crippen LogP contribution in [0.3, 0.4) is 0 Å². The van der Waals surface area contributed by atoms with Gasteiger partial charge in [-0.25, -0.2) is 4.39 Å². The predicted octanol–water partition coefficient (Wildman–Crippen LogP) is 10.7. The number of benzene rings is 3. The van der Waals surface area contributed by atoms with Gasteiger partial charge in [0.25, 0.3) is 0 Å². The fourth-order valence-corrected chi connectivity index (χ4v) is 5.97. The minimum Gasteiger partial charge on any atom is -0.205 e. The van der Waals surface area contributed by atoms with Crippen molar-refractivity contribution in [3.05, 3.63) is 82.7 Å². The Morgan fingerprint density at radius 1 is 0.730 bits per heavy atom. The maximum absolute atomic E-state index is 15.2. The molecule has 4 rings (SSSR count). The first kappa shape index (κ1) is 27.4. The Hall–Kier alpha value is -2.59. The lowest BCUT2D eigenvalue weighted by Crippen LogP contribution is -2.13. The van der Waals surface area contributed by atoms with Gasteiger partial charge in [-0.1, -0.05) is 113 Å². The first-order valence-corrected chi connectivity index (χ1v) is 15.0. The van der Waals surface area contributed by atoms with Gasteiger partial charge in [0.1, 0.15) is 5.82 Å². The number of rotatable bonds is 11. The molecule has 0 heterocycles. The van der Waals surface area contributed by atoms with Gasteiger partial charge in [0.2, 0.25) is 0 Å². The Morgan fingerprint density at radius 3 is 2.22 bits per heavy atom. The molecule has 0 atom stereocenters. The summed E-state index contributed by atoms with van der Waals surface area (Å²) in [4.78, 5) is 0. The van der Waals surface area contributed by atoms with Crippen LogP contribution in [0.25, 0.3) is 10.8 Å². The SMILES string of the molecule is CCCCCCCc1ccc2c(F)c(C#Cc3ccc(C4CCC(CCCCC)CC4)cc3)ccc2c1. The summed E-state index contributed by atoms with van der Waals surface area (Å²) in [7, 11) is 0. The molecule has 0 N–H and O–H groups in total. The van der Waals surface area contributed by atoms with Gasteiger partial charge in [-0.3, -0.25) is 0 Å². The Balaban J connectivity index is 1.34. The lowest BCUT2D eigenvalue weighted by molar-refractivity contribution is 0.303. The molecule has 0 aromatic heterocycles. The fraction of sp³-hybridized carbons (Fsp3) is 0.500. The second-order valence-corrected chi connectivity index (χ2v) is 11.2. The Kier molecular flexibility index (Phi) is 10.7. The van der Waals surface area contributed by atoms with E-state index in [1.165, 1.54) is 94.6 Å². The van der Waals surface area contributed by atoms with Crippen LogP contribution < -0.4 is 0 Å². The van der Waals surface area contributed by atoms with E-state index in [-0.39, 0.29) is 5.82 Å². The quantitative estimate of drug-likeness (QED) is 0.183. The van der Waals surface area contributed by atoms with Gasteiger partial charge in [0, 0.05) is 10.9 Å². The van der Waals surface area contributed by atoms with Crippen molar-refractivity contribution in [3.8, 4) is 11.8 Å². The number of hydrogen-bond donors (Lipinski definition) is 0. The summed E-state index contributed by atoms with van der Waals surface area (Å²) in [5.41, 5.74) is 4.17. The summed E-state index contributed by atoms with van der Waals surface area (Å²) in [5, 5.41) is 1.64. The smallest absolute Gasteiger partial charge is 0.146 e. The van der Waals surface area contributed by atoms with E-state index < -0.39 is 0 Å². The molecule has 3 aromatic rings. The number of halogens is 1. The maximum Gasteiger partial charge on any atom is 0.146 e. The van der Waals surface area contributed by atoms with Crippen LogP contribution in [0.1, 0.15) is 125 Å². The number of unbranched alkanes of at least 4 members (excludes halogenated alkanes) is 6. The van der Waals surface area contributed by atoms with Crippen molar-refractivity contribution in [1.82, 2.24) is 0 Å². The molecule has 37 heavy (non-hydrogen) atoms. The molecule has 3 aromatic carbocycles. The van der Waals surface area contributed by atoms with Gasteiger partial charge in [-0.15, -0.1) is 0 Å². The van der Waals surface area contributed by atoms with Crippen LogP contribution in [-0.2, 0) is 6.42 Å². The van der Waals surface area contributed by atoms with Crippen molar-refractivity contribution in [3.63, 3.8) is 0 Å². The van der Waals surface area contributed by atoms with E-state index in [2.05, 4.69) is 62.1 Å². The van der Waals surface area contributed by atoms with Crippen molar-refractivity contribution in [2.45, 2.75) is 110 Å². The first-order valence-electron chi connectivity index (χ1n) is 15.0. The lowest BCUT2D eigenvalue weighted by Gasteiger charge is -2.29. The highest BCUT2D eigenvalue weighted by molar-refractivity contribution is 5.85. The third kappa shape index (κ3) is 7.95. The molecule has 0 amide bonds. The molecule has 0 nitrogen and oxygen atoms in total. The van der Waals surface area contributed by atoms with Crippen molar-refractivity contribution in [2.24, 2.45) is 5.92 Å². The molecule has 1 heteroatoms. The molecular weight excluding hydrogens is 451 g/mol. The van der Waals surface area contributed by atoms with E-state index in [0.717, 1.165) is 23.3 Å². The average molecular weight is 497 g/mol. The van der Waals surface area contributed by atoms with Gasteiger partial charge in [0.15, 0.2) is 0 Å². The Bertz CT molecular complexity index is 1170. The number of fused-ring (bicyclic) bond motifs is 1. The number of hydrogen-bond acceptors (Lipinski definition) is 0. The van der Waals surface area contributed by atoms with Gasteiger partial charge < -0.3 is 0 Å². The van der Waals surface area contributed by atoms with Crippen LogP contribution in [0.5, 0.6) is 0 Å². The Labute approximate surface area is 225 Å². The predicted molar refractivity (Wildman–Crippen MR) is 158 cm³/mol. The molecule has 0 saturated heterocycles. The molecule has 1 aliphatic carbocycles. The van der Waals surface area contributed by atoms with Crippen LogP contribution in [0.15, 0.2) is 54.6 Å². The summed E-state index contributed by atoms with van der Waals surface area (Å²) >= 11 is 0. The maximum atomic E-state index is 15.2. The minimum absolute atomic E-state index is 0.202. The topological polar surface area (TPSA) is 0 Å². The molecule has 0 unspecified atom stereocenters. The second-order valence-electron chi connectivity index (χ2n) is 11.2. The molecular formula is C36H45F. The minimum atomic E-state index is -0.202. The molecule has 1 fully saturated rings. The van der Waals surface area contributed by atoms with E-state index in [0.29, 0.717) is 16.9 Å². The normalized spacial score (nSPS) is 17.5. The molecule has 0 radical (unpaired) electrons. The zero-order chi connectivity index (χ0) is 25.9. The van der Waals surface area contributed by atoms with E-state index in [1.54, 1.807) is 0 Å². The average Bonchev–Trinajstić information content (AvgIpc) is 2.93. The van der Waals surface area contributed by atoms with Crippen LogP contribution >= 0.6 is 0 Å². The molecule has 0 aliphatic heterocycles. The first-order chi connectivity index (χ1) is 18.2. The molecule has 0 spiro atoms. The van der Waals surface area contributed by atoms with E-state index in [1.807, 2.05) is 18.2 Å². The second kappa shape index (κ2) is 14.4. The summed E-state index contributed by atoms with van der Waals surface area (Å²) in [6.07, 6.45) is 18.3. The van der Waals surface area contributed by atoms with Crippen molar-refractivity contribution in [2.75, 3.05) is 0 Å². The van der Waals surface area contributed by atoms with E-state index in [9.17, 15) is 0 Å². The third-order valence-corrected chi connectivity index (χ3v) is 8.37. The molecule has 196 valence electrons. The van der Waals surface area contributed by atoms with Crippen LogP contribution in [0, 0.1) is 23.6 Å². The zero-order valence-electron chi connectivity index (χ0n) is 23.1. The standard InChI is InChI=1S/C36H45F/c1-3-5-7-8-10-12-30-18-26-35-34(27-30)25-24-33(36(35)37)23-17-29-15-21-32(22-16-29)31-19-13-28(14-20-31)11-9-6-4-2/h15-16,18,21-22,24-28,31H,3-14,19-20H2,1-2H3. The highest BCUT2D eigenvalue weighted by Gasteiger charge is 2.21. The Morgan fingerprint density at radius 2 is 1.46 bits per heavy atom. The highest BCUT2D eigenvalue weighted by atomic mass is 19.1. The number of aryl methyl sites for hydroxylation is 1. The van der Waals surface area contributed by atoms with Crippen LogP contribution in [0.4, 0.5) is 4.39 Å². The highest BCUT2D eigenvalue weighted by Crippen LogP contribution is 2.37. The largest absolute Gasteiger partial charge is 0.205 e. The summed E-state index contributed by atoms with van der Waals surface area (Å²) in [6, 6.07) is 18.7. The van der Waals surface area contributed by atoms with Gasteiger partial charge in [-0.2, -0.15) is 0 Å². The zero-order valence-corrected chi connectivity index (χ0v) is 23.1. The summed E-state index contributed by atoms with van der Waals surface area (Å²) < 4.78 is 15.2. The fourth-order valence-electron chi connectivity index (χ4n) is 5.97. The van der Waals surface area contributed by atoms with Crippen molar-refractivity contribution < 1.29 is 4.39 Å². The monoisotopic (exact) mass is 496 g/mol. The molecule has 1 aliphatic rings. The summed E-state index contributed by atoms with van der Waals surface area (Å²) in [5.74, 6) is 7.71. The van der Waals surface area contributed by atoms with E-state index >= 15 is 4.39 Å². The van der Waals surface area contributed by atoms with Crippen LogP contribution in [-0.4, -0.2) is 0 Å². The van der Waals surface area contributed by atoms with Crippen molar-refractivity contribution >= 4 is 10.8 Å².